The molecule has 0 spiro atoms. The van der Waals surface area contributed by atoms with E-state index in [2.05, 4.69) is 10.2 Å². The van der Waals surface area contributed by atoms with Crippen LogP contribution in [0.15, 0.2) is 30.3 Å². The molecule has 132 valence electrons. The smallest absolute Gasteiger partial charge is 0.234 e. The van der Waals surface area contributed by atoms with Crippen LogP contribution in [-0.2, 0) is 0 Å². The van der Waals surface area contributed by atoms with Gasteiger partial charge in [-0.3, -0.25) is 0 Å². The van der Waals surface area contributed by atoms with E-state index in [4.69, 9.17) is 27.4 Å². The van der Waals surface area contributed by atoms with Gasteiger partial charge in [-0.15, -0.1) is 10.2 Å². The van der Waals surface area contributed by atoms with Crippen LogP contribution >= 0.6 is 12.2 Å². The summed E-state index contributed by atoms with van der Waals surface area (Å²) >= 11 is 5.04. The van der Waals surface area contributed by atoms with Crippen LogP contribution in [0.5, 0.6) is 17.5 Å². The first-order chi connectivity index (χ1) is 11.6. The number of aliphatic hydroxyl groups is 1. The highest BCUT2D eigenvalue weighted by atomic mass is 32.1. The summed E-state index contributed by atoms with van der Waals surface area (Å²) in [5.41, 5.74) is 4.63. The Balaban J connectivity index is 2.11. The van der Waals surface area contributed by atoms with Crippen molar-refractivity contribution in [3.05, 3.63) is 41.5 Å². The second-order valence-corrected chi connectivity index (χ2v) is 7.04. The average Bonchev–Trinajstić information content (AvgIpc) is 2.53. The highest BCUT2D eigenvalue weighted by Gasteiger charge is 2.54. The molecule has 8 heteroatoms. The van der Waals surface area contributed by atoms with Crippen LogP contribution in [0.4, 0.5) is 0 Å². The van der Waals surface area contributed by atoms with Gasteiger partial charge >= 0.3 is 0 Å². The Bertz CT molecular complexity index is 821. The largest absolute Gasteiger partial charge is 0.492 e. The number of fused-ring (bicyclic) bond motifs is 1. The molecule has 0 saturated heterocycles. The van der Waals surface area contributed by atoms with Crippen molar-refractivity contribution in [3.8, 4) is 17.5 Å². The van der Waals surface area contributed by atoms with E-state index in [1.165, 1.54) is 12.1 Å². The maximum absolute atomic E-state index is 11.1. The molecule has 0 bridgehead atoms. The lowest BCUT2D eigenvalue weighted by Crippen LogP contribution is -2.59. The molecule has 4 N–H and O–H groups in total. The van der Waals surface area contributed by atoms with Gasteiger partial charge in [-0.2, -0.15) is 0 Å². The van der Waals surface area contributed by atoms with Crippen molar-refractivity contribution in [1.82, 2.24) is 10.2 Å². The van der Waals surface area contributed by atoms with Crippen molar-refractivity contribution < 1.29 is 19.7 Å². The average molecular weight is 361 g/mol. The standard InChI is InChI=1S/C17H19N3O4S/c1-16(2)17(3,22)14(23-13-7-6-12(21)19-20-13)10-8-9(15(18)25)4-5-11(10)24-16/h4-8,14,22H,1-3H3,(H2,18,25)(H,19,21). The summed E-state index contributed by atoms with van der Waals surface area (Å²) in [6.07, 6.45) is -0.806. The van der Waals surface area contributed by atoms with E-state index in [9.17, 15) is 10.2 Å². The Labute approximate surface area is 150 Å². The van der Waals surface area contributed by atoms with Gasteiger partial charge in [0, 0.05) is 23.3 Å². The van der Waals surface area contributed by atoms with Crippen LogP contribution in [0.2, 0.25) is 0 Å². The molecule has 0 aliphatic carbocycles. The Kier molecular flexibility index (Phi) is 4.04. The maximum atomic E-state index is 11.1. The number of aromatic hydroxyl groups is 1. The summed E-state index contributed by atoms with van der Waals surface area (Å²) in [6.45, 7) is 5.18. The lowest BCUT2D eigenvalue weighted by molar-refractivity contribution is -0.175. The van der Waals surface area contributed by atoms with Crippen molar-refractivity contribution in [2.45, 2.75) is 38.1 Å². The predicted molar refractivity (Wildman–Crippen MR) is 94.7 cm³/mol. The molecule has 1 aromatic carbocycles. The summed E-state index contributed by atoms with van der Waals surface area (Å²) in [4.78, 5) is 0.232. The van der Waals surface area contributed by atoms with Gasteiger partial charge in [0.05, 0.1) is 0 Å². The van der Waals surface area contributed by atoms with Gasteiger partial charge in [-0.05, 0) is 39.0 Å². The summed E-state index contributed by atoms with van der Waals surface area (Å²) in [5.74, 6) is 0.503. The molecular weight excluding hydrogens is 342 g/mol. The number of hydrogen-bond acceptors (Lipinski definition) is 7. The molecule has 0 amide bonds. The topological polar surface area (TPSA) is 111 Å². The summed E-state index contributed by atoms with van der Waals surface area (Å²) in [7, 11) is 0. The highest BCUT2D eigenvalue weighted by Crippen LogP contribution is 2.48. The molecule has 0 radical (unpaired) electrons. The van der Waals surface area contributed by atoms with Gasteiger partial charge in [-0.1, -0.05) is 12.2 Å². The number of nitrogens with zero attached hydrogens (tertiary/aromatic N) is 2. The van der Waals surface area contributed by atoms with E-state index in [0.717, 1.165) is 0 Å². The number of nitrogens with two attached hydrogens (primary N) is 1. The molecule has 1 aliphatic rings. The fourth-order valence-electron chi connectivity index (χ4n) is 2.67. The number of aromatic nitrogens is 2. The van der Waals surface area contributed by atoms with Gasteiger partial charge in [0.2, 0.25) is 11.8 Å². The first kappa shape index (κ1) is 17.4. The Morgan fingerprint density at radius 3 is 2.56 bits per heavy atom. The Hall–Kier alpha value is -2.45. The normalized spacial score (nSPS) is 24.1. The fraction of sp³-hybridized carbons (Fsp3) is 0.353. The molecule has 3 rings (SSSR count). The molecule has 7 nitrogen and oxygen atoms in total. The zero-order chi connectivity index (χ0) is 18.4. The van der Waals surface area contributed by atoms with Gasteiger partial charge in [0.1, 0.15) is 21.9 Å². The van der Waals surface area contributed by atoms with Crippen LogP contribution in [-0.4, -0.2) is 36.6 Å². The third-order valence-corrected chi connectivity index (χ3v) is 4.77. The minimum atomic E-state index is -1.39. The molecule has 2 atom stereocenters. The van der Waals surface area contributed by atoms with Crippen LogP contribution in [0.25, 0.3) is 0 Å². The van der Waals surface area contributed by atoms with E-state index in [0.29, 0.717) is 16.9 Å². The third kappa shape index (κ3) is 2.98. The molecule has 0 fully saturated rings. The minimum absolute atomic E-state index is 0.160. The Morgan fingerprint density at radius 2 is 1.96 bits per heavy atom. The zero-order valence-electron chi connectivity index (χ0n) is 14.1. The predicted octanol–water partition coefficient (Wildman–Crippen LogP) is 1.86. The van der Waals surface area contributed by atoms with Crippen molar-refractivity contribution in [2.24, 2.45) is 5.73 Å². The van der Waals surface area contributed by atoms with Crippen molar-refractivity contribution >= 4 is 17.2 Å². The molecule has 1 aliphatic heterocycles. The molecule has 2 heterocycles. The second-order valence-electron chi connectivity index (χ2n) is 6.60. The maximum Gasteiger partial charge on any atom is 0.234 e. The number of benzene rings is 1. The molecular formula is C17H19N3O4S. The summed E-state index contributed by atoms with van der Waals surface area (Å²) in [5, 5.41) is 27.8. The lowest BCUT2D eigenvalue weighted by Gasteiger charge is -2.48. The van der Waals surface area contributed by atoms with E-state index in [-0.39, 0.29) is 16.7 Å². The van der Waals surface area contributed by atoms with Crippen LogP contribution < -0.4 is 15.2 Å². The first-order valence-electron chi connectivity index (χ1n) is 7.66. The second kappa shape index (κ2) is 5.82. The monoisotopic (exact) mass is 361 g/mol. The third-order valence-electron chi connectivity index (χ3n) is 4.54. The number of hydrogen-bond donors (Lipinski definition) is 3. The van der Waals surface area contributed by atoms with Crippen LogP contribution in [0.1, 0.15) is 38.0 Å². The van der Waals surface area contributed by atoms with Crippen LogP contribution in [0, 0.1) is 0 Å². The van der Waals surface area contributed by atoms with E-state index in [1.54, 1.807) is 39.0 Å². The summed E-state index contributed by atoms with van der Waals surface area (Å²) in [6, 6.07) is 8.07. The van der Waals surface area contributed by atoms with E-state index >= 15 is 0 Å². The van der Waals surface area contributed by atoms with Crippen LogP contribution in [0.3, 0.4) is 0 Å². The SMILES string of the molecule is CC1(C)Oc2ccc(C(N)=S)cc2C(Oc2ccc(O)nn2)C1(C)O. The van der Waals surface area contributed by atoms with E-state index < -0.39 is 17.3 Å². The zero-order valence-corrected chi connectivity index (χ0v) is 14.9. The number of ether oxygens (including phenoxy) is 2. The molecule has 1 aromatic heterocycles. The van der Waals surface area contributed by atoms with E-state index in [1.807, 2.05) is 0 Å². The lowest BCUT2D eigenvalue weighted by atomic mass is 9.77. The van der Waals surface area contributed by atoms with Gasteiger partial charge in [-0.25, -0.2) is 0 Å². The van der Waals surface area contributed by atoms with Crippen molar-refractivity contribution in [2.75, 3.05) is 0 Å². The fourth-order valence-corrected chi connectivity index (χ4v) is 2.80. The van der Waals surface area contributed by atoms with Crippen molar-refractivity contribution in [3.63, 3.8) is 0 Å². The van der Waals surface area contributed by atoms with Gasteiger partial charge in [0.15, 0.2) is 6.10 Å². The molecule has 2 aromatic rings. The number of thiocarbonyl (C=S) groups is 1. The highest BCUT2D eigenvalue weighted by molar-refractivity contribution is 7.80. The molecule has 0 saturated carbocycles. The van der Waals surface area contributed by atoms with Gasteiger partial charge < -0.3 is 25.4 Å². The Morgan fingerprint density at radius 1 is 1.24 bits per heavy atom. The van der Waals surface area contributed by atoms with Gasteiger partial charge in [0.25, 0.3) is 0 Å². The first-order valence-corrected chi connectivity index (χ1v) is 8.07. The molecule has 25 heavy (non-hydrogen) atoms. The summed E-state index contributed by atoms with van der Waals surface area (Å²) < 4.78 is 11.9. The molecule has 2 unspecified atom stereocenters. The number of rotatable bonds is 3. The van der Waals surface area contributed by atoms with Crippen molar-refractivity contribution in [1.29, 1.82) is 0 Å². The quantitative estimate of drug-likeness (QED) is 0.711. The minimum Gasteiger partial charge on any atom is -0.492 e.